The lowest BCUT2D eigenvalue weighted by atomic mass is 9.91. The molecule has 1 amide bonds. The summed E-state index contributed by atoms with van der Waals surface area (Å²) in [6.07, 6.45) is 0. The molecule has 4 aromatic rings. The van der Waals surface area contributed by atoms with Crippen LogP contribution in [-0.4, -0.2) is 40.1 Å². The summed E-state index contributed by atoms with van der Waals surface area (Å²) < 4.78 is 7.18. The molecule has 168 valence electrons. The second kappa shape index (κ2) is 10.8. The van der Waals surface area contributed by atoms with Gasteiger partial charge in [0, 0.05) is 18.2 Å². The number of aryl methyl sites for hydroxylation is 1. The molecular formula is C26H26N4O2S. The van der Waals surface area contributed by atoms with Crippen molar-refractivity contribution in [1.29, 1.82) is 0 Å². The number of carbonyl (C=O) groups excluding carboxylic acids is 1. The Morgan fingerprint density at radius 3 is 2.12 bits per heavy atom. The Kier molecular flexibility index (Phi) is 7.42. The molecule has 0 atom stereocenters. The van der Waals surface area contributed by atoms with Gasteiger partial charge in [0.05, 0.1) is 12.9 Å². The first-order valence-corrected chi connectivity index (χ1v) is 11.7. The first-order valence-electron chi connectivity index (χ1n) is 10.7. The van der Waals surface area contributed by atoms with E-state index in [9.17, 15) is 4.79 Å². The van der Waals surface area contributed by atoms with Crippen LogP contribution in [0.3, 0.4) is 0 Å². The van der Waals surface area contributed by atoms with Gasteiger partial charge in [0.15, 0.2) is 5.16 Å². The number of methoxy groups -OCH3 is 1. The molecule has 4 rings (SSSR count). The summed E-state index contributed by atoms with van der Waals surface area (Å²) in [7, 11) is 1.64. The van der Waals surface area contributed by atoms with Crippen molar-refractivity contribution in [3.63, 3.8) is 0 Å². The molecule has 33 heavy (non-hydrogen) atoms. The molecule has 0 aliphatic heterocycles. The summed E-state index contributed by atoms with van der Waals surface area (Å²) in [5.41, 5.74) is 3.27. The standard InChI is InChI=1S/C26H26N4O2S/c1-19-28-29-26(30(19)22-13-15-23(32-2)16-14-22)33-18-25(31)27-17-24(20-9-5-3-6-10-20)21-11-7-4-8-12-21/h3-16,24H,17-18H2,1-2H3,(H,27,31). The van der Waals surface area contributed by atoms with E-state index in [2.05, 4.69) is 39.8 Å². The molecule has 0 unspecified atom stereocenters. The topological polar surface area (TPSA) is 69.0 Å². The van der Waals surface area contributed by atoms with Gasteiger partial charge in [-0.15, -0.1) is 10.2 Å². The molecule has 0 fully saturated rings. The van der Waals surface area contributed by atoms with E-state index in [0.717, 1.165) is 17.3 Å². The van der Waals surface area contributed by atoms with Gasteiger partial charge in [0.1, 0.15) is 11.6 Å². The van der Waals surface area contributed by atoms with Crippen LogP contribution in [0.5, 0.6) is 5.75 Å². The van der Waals surface area contributed by atoms with Crippen LogP contribution >= 0.6 is 11.8 Å². The molecule has 0 aliphatic carbocycles. The molecule has 6 nitrogen and oxygen atoms in total. The van der Waals surface area contributed by atoms with Crippen LogP contribution in [0.4, 0.5) is 0 Å². The molecule has 3 aromatic carbocycles. The van der Waals surface area contributed by atoms with Crippen molar-refractivity contribution >= 4 is 17.7 Å². The number of aromatic nitrogens is 3. The maximum Gasteiger partial charge on any atom is 0.230 e. The first kappa shape index (κ1) is 22.6. The SMILES string of the molecule is COc1ccc(-n2c(C)nnc2SCC(=O)NCC(c2ccccc2)c2ccccc2)cc1. The Bertz CT molecular complexity index is 1140. The van der Waals surface area contributed by atoms with E-state index in [1.165, 1.54) is 22.9 Å². The van der Waals surface area contributed by atoms with Gasteiger partial charge < -0.3 is 10.1 Å². The zero-order chi connectivity index (χ0) is 23.0. The van der Waals surface area contributed by atoms with Crippen LogP contribution in [0.15, 0.2) is 90.1 Å². The summed E-state index contributed by atoms with van der Waals surface area (Å²) in [6.45, 7) is 2.42. The molecule has 1 heterocycles. The number of hydrogen-bond donors (Lipinski definition) is 1. The third-order valence-electron chi connectivity index (χ3n) is 5.37. The average Bonchev–Trinajstić information content (AvgIpc) is 3.24. The van der Waals surface area contributed by atoms with Crippen LogP contribution < -0.4 is 10.1 Å². The lowest BCUT2D eigenvalue weighted by molar-refractivity contribution is -0.118. The number of nitrogens with one attached hydrogen (secondary N) is 1. The number of benzene rings is 3. The second-order valence-corrected chi connectivity index (χ2v) is 8.47. The van der Waals surface area contributed by atoms with E-state index >= 15 is 0 Å². The molecular weight excluding hydrogens is 432 g/mol. The minimum Gasteiger partial charge on any atom is -0.497 e. The number of ether oxygens (including phenoxy) is 1. The van der Waals surface area contributed by atoms with Gasteiger partial charge >= 0.3 is 0 Å². The summed E-state index contributed by atoms with van der Waals surface area (Å²) in [5.74, 6) is 1.84. The smallest absolute Gasteiger partial charge is 0.230 e. The molecule has 0 saturated carbocycles. The highest BCUT2D eigenvalue weighted by atomic mass is 32.2. The molecule has 0 spiro atoms. The van der Waals surface area contributed by atoms with Gasteiger partial charge in [-0.25, -0.2) is 0 Å². The van der Waals surface area contributed by atoms with Crippen molar-refractivity contribution in [2.24, 2.45) is 0 Å². The Hall–Kier alpha value is -3.58. The Balaban J connectivity index is 1.41. The largest absolute Gasteiger partial charge is 0.497 e. The lowest BCUT2D eigenvalue weighted by Gasteiger charge is -2.19. The number of rotatable bonds is 9. The number of thioether (sulfide) groups is 1. The van der Waals surface area contributed by atoms with Crippen LogP contribution in [0.25, 0.3) is 5.69 Å². The third-order valence-corrected chi connectivity index (χ3v) is 6.29. The number of amides is 1. The van der Waals surface area contributed by atoms with Gasteiger partial charge in [-0.3, -0.25) is 9.36 Å². The molecule has 0 radical (unpaired) electrons. The summed E-state index contributed by atoms with van der Waals surface area (Å²) in [4.78, 5) is 12.7. The lowest BCUT2D eigenvalue weighted by Crippen LogP contribution is -2.30. The molecule has 0 saturated heterocycles. The normalized spacial score (nSPS) is 10.9. The monoisotopic (exact) mass is 458 g/mol. The van der Waals surface area contributed by atoms with Crippen LogP contribution in [-0.2, 0) is 4.79 Å². The van der Waals surface area contributed by atoms with Crippen molar-refractivity contribution in [3.05, 3.63) is 102 Å². The summed E-state index contributed by atoms with van der Waals surface area (Å²) in [5, 5.41) is 12.2. The number of hydrogen-bond acceptors (Lipinski definition) is 5. The molecule has 0 bridgehead atoms. The second-order valence-electron chi connectivity index (χ2n) is 7.53. The fourth-order valence-corrected chi connectivity index (χ4v) is 4.49. The minimum atomic E-state index is -0.0428. The van der Waals surface area contributed by atoms with Crippen molar-refractivity contribution in [1.82, 2.24) is 20.1 Å². The first-order chi connectivity index (χ1) is 16.2. The Labute approximate surface area is 198 Å². The minimum absolute atomic E-state index is 0.0428. The van der Waals surface area contributed by atoms with E-state index in [4.69, 9.17) is 4.74 Å². The van der Waals surface area contributed by atoms with Crippen molar-refractivity contribution < 1.29 is 9.53 Å². The Morgan fingerprint density at radius 1 is 0.939 bits per heavy atom. The quantitative estimate of drug-likeness (QED) is 0.371. The van der Waals surface area contributed by atoms with Crippen molar-refractivity contribution in [2.45, 2.75) is 18.0 Å². The van der Waals surface area contributed by atoms with Crippen LogP contribution in [0.1, 0.15) is 22.9 Å². The molecule has 0 aliphatic rings. The van der Waals surface area contributed by atoms with E-state index in [0.29, 0.717) is 11.7 Å². The van der Waals surface area contributed by atoms with Crippen LogP contribution in [0.2, 0.25) is 0 Å². The predicted octanol–water partition coefficient (Wildman–Crippen LogP) is 4.62. The van der Waals surface area contributed by atoms with Crippen molar-refractivity contribution in [3.8, 4) is 11.4 Å². The maximum absolute atomic E-state index is 12.7. The van der Waals surface area contributed by atoms with E-state index in [1.807, 2.05) is 72.2 Å². The number of carbonyl (C=O) groups is 1. The van der Waals surface area contributed by atoms with Gasteiger partial charge in [0.2, 0.25) is 5.91 Å². The van der Waals surface area contributed by atoms with Gasteiger partial charge in [-0.05, 0) is 42.3 Å². The highest BCUT2D eigenvalue weighted by Gasteiger charge is 2.17. The Morgan fingerprint density at radius 2 is 1.55 bits per heavy atom. The molecule has 1 N–H and O–H groups in total. The highest BCUT2D eigenvalue weighted by molar-refractivity contribution is 7.99. The highest BCUT2D eigenvalue weighted by Crippen LogP contribution is 2.25. The average molecular weight is 459 g/mol. The predicted molar refractivity (Wildman–Crippen MR) is 131 cm³/mol. The zero-order valence-electron chi connectivity index (χ0n) is 18.6. The van der Waals surface area contributed by atoms with Gasteiger partial charge in [-0.2, -0.15) is 0 Å². The summed E-state index contributed by atoms with van der Waals surface area (Å²) >= 11 is 1.37. The summed E-state index contributed by atoms with van der Waals surface area (Å²) in [6, 6.07) is 28.2. The van der Waals surface area contributed by atoms with Crippen molar-refractivity contribution in [2.75, 3.05) is 19.4 Å². The number of nitrogens with zero attached hydrogens (tertiary/aromatic N) is 3. The van der Waals surface area contributed by atoms with Crippen LogP contribution in [0, 0.1) is 6.92 Å². The maximum atomic E-state index is 12.7. The van der Waals surface area contributed by atoms with E-state index in [-0.39, 0.29) is 17.6 Å². The fourth-order valence-electron chi connectivity index (χ4n) is 3.66. The molecule has 1 aromatic heterocycles. The van der Waals surface area contributed by atoms with E-state index in [1.54, 1.807) is 7.11 Å². The zero-order valence-corrected chi connectivity index (χ0v) is 19.5. The van der Waals surface area contributed by atoms with Gasteiger partial charge in [0.25, 0.3) is 0 Å². The van der Waals surface area contributed by atoms with E-state index < -0.39 is 0 Å². The fraction of sp³-hybridized carbons (Fsp3) is 0.192. The van der Waals surface area contributed by atoms with Gasteiger partial charge in [-0.1, -0.05) is 72.4 Å². The third kappa shape index (κ3) is 5.62. The molecule has 7 heteroatoms.